The molecule has 1 heterocycles. The van der Waals surface area contributed by atoms with E-state index in [9.17, 15) is 17.1 Å². The van der Waals surface area contributed by atoms with Gasteiger partial charge in [0, 0.05) is 16.8 Å². The number of nitrogens with one attached hydrogen (secondary N) is 1. The summed E-state index contributed by atoms with van der Waals surface area (Å²) in [6.45, 7) is 1.77. The highest BCUT2D eigenvalue weighted by Crippen LogP contribution is 2.34. The summed E-state index contributed by atoms with van der Waals surface area (Å²) < 4.78 is 40.9. The molecule has 0 saturated heterocycles. The number of anilines is 3. The van der Waals surface area contributed by atoms with E-state index in [0.29, 0.717) is 43.9 Å². The molecule has 5 N–H and O–H groups in total. The van der Waals surface area contributed by atoms with Crippen molar-refractivity contribution in [3.63, 3.8) is 0 Å². The molecule has 0 aliphatic carbocycles. The molecule has 1 aromatic heterocycles. The molecule has 0 aliphatic rings. The molecule has 13 heteroatoms. The molecule has 1 amide bonds. The minimum atomic E-state index is -4.85. The van der Waals surface area contributed by atoms with Crippen molar-refractivity contribution in [3.05, 3.63) is 87.5 Å². The van der Waals surface area contributed by atoms with Crippen molar-refractivity contribution in [1.29, 1.82) is 0 Å². The largest absolute Gasteiger partial charge is 0.487 e. The number of carbonyl (C=O) groups is 1. The fourth-order valence-electron chi connectivity index (χ4n) is 3.60. The second-order valence-corrected chi connectivity index (χ2v) is 10.3. The number of nitrogen functional groups attached to an aromatic ring is 2. The Bertz CT molecular complexity index is 1650. The van der Waals surface area contributed by atoms with Gasteiger partial charge in [0.25, 0.3) is 5.91 Å². The molecular formula is C25H20Cl2FN5O4S. The van der Waals surface area contributed by atoms with Crippen molar-refractivity contribution >= 4 is 56.8 Å². The van der Waals surface area contributed by atoms with Gasteiger partial charge in [-0.3, -0.25) is 4.79 Å². The summed E-state index contributed by atoms with van der Waals surface area (Å²) >= 11 is 12.2. The molecule has 0 saturated carbocycles. The van der Waals surface area contributed by atoms with E-state index in [1.807, 2.05) is 0 Å². The Morgan fingerprint density at radius 2 is 1.71 bits per heavy atom. The normalized spacial score (nSPS) is 11.3. The van der Waals surface area contributed by atoms with E-state index in [-0.39, 0.29) is 23.9 Å². The minimum Gasteiger partial charge on any atom is -0.487 e. The molecule has 0 unspecified atom stereocenters. The Hall–Kier alpha value is -3.93. The fraction of sp³-hybridized carbons (Fsp3) is 0.0800. The Balaban J connectivity index is 1.50. The molecular weight excluding hydrogens is 556 g/mol. The SMILES string of the molecule is Cc1cc(OCc2nc(N)nc(N)c2-c2ccc(Cl)c(Cl)c2)ccc1NC(=O)c1ccc(S(=O)(=O)F)cc1. The number of nitrogens with zero attached hydrogens (tertiary/aromatic N) is 2. The van der Waals surface area contributed by atoms with Crippen molar-refractivity contribution in [2.24, 2.45) is 0 Å². The van der Waals surface area contributed by atoms with Gasteiger partial charge in [0.1, 0.15) is 18.2 Å². The zero-order valence-electron chi connectivity index (χ0n) is 19.7. The molecule has 0 bridgehead atoms. The number of rotatable bonds is 7. The summed E-state index contributed by atoms with van der Waals surface area (Å²) in [6, 6.07) is 14.5. The second kappa shape index (κ2) is 10.8. The van der Waals surface area contributed by atoms with Crippen LogP contribution in [0.5, 0.6) is 5.75 Å². The zero-order valence-corrected chi connectivity index (χ0v) is 22.0. The fourth-order valence-corrected chi connectivity index (χ4v) is 4.36. The smallest absolute Gasteiger partial charge is 0.332 e. The summed E-state index contributed by atoms with van der Waals surface area (Å²) in [5, 5.41) is 3.45. The predicted octanol–water partition coefficient (Wildman–Crippen LogP) is 5.41. The van der Waals surface area contributed by atoms with Crippen LogP contribution in [-0.4, -0.2) is 24.3 Å². The maximum Gasteiger partial charge on any atom is 0.332 e. The lowest BCUT2D eigenvalue weighted by molar-refractivity contribution is 0.102. The number of benzene rings is 3. The standard InChI is InChI=1S/C25H20Cl2FN5O4S/c1-13-10-16(5-9-20(13)31-24(34)14-2-6-17(7-3-14)38(28,35)36)37-12-21-22(23(29)33-25(30)32-21)15-4-8-18(26)19(27)11-15/h2-11H,12H2,1H3,(H,31,34)(H4,29,30,32,33). The van der Waals surface area contributed by atoms with Crippen LogP contribution in [0.3, 0.4) is 0 Å². The van der Waals surface area contributed by atoms with Crippen LogP contribution >= 0.6 is 23.2 Å². The van der Waals surface area contributed by atoms with E-state index in [2.05, 4.69) is 15.3 Å². The highest BCUT2D eigenvalue weighted by atomic mass is 35.5. The van der Waals surface area contributed by atoms with Crippen LogP contribution in [0.1, 0.15) is 21.6 Å². The van der Waals surface area contributed by atoms with Gasteiger partial charge in [-0.05, 0) is 72.6 Å². The highest BCUT2D eigenvalue weighted by Gasteiger charge is 2.17. The van der Waals surface area contributed by atoms with Crippen molar-refractivity contribution in [1.82, 2.24) is 9.97 Å². The Morgan fingerprint density at radius 3 is 2.34 bits per heavy atom. The van der Waals surface area contributed by atoms with E-state index in [1.54, 1.807) is 43.3 Å². The summed E-state index contributed by atoms with van der Waals surface area (Å²) in [5.41, 5.74) is 14.8. The molecule has 38 heavy (non-hydrogen) atoms. The van der Waals surface area contributed by atoms with E-state index in [4.69, 9.17) is 39.4 Å². The van der Waals surface area contributed by atoms with Gasteiger partial charge in [-0.1, -0.05) is 29.3 Å². The van der Waals surface area contributed by atoms with Gasteiger partial charge in [0.2, 0.25) is 5.95 Å². The van der Waals surface area contributed by atoms with Gasteiger partial charge in [0.05, 0.1) is 20.6 Å². The number of hydrogen-bond donors (Lipinski definition) is 3. The van der Waals surface area contributed by atoms with Gasteiger partial charge in [-0.15, -0.1) is 3.89 Å². The monoisotopic (exact) mass is 575 g/mol. The topological polar surface area (TPSA) is 150 Å². The van der Waals surface area contributed by atoms with E-state index < -0.39 is 21.0 Å². The third-order valence-corrected chi connectivity index (χ3v) is 7.03. The van der Waals surface area contributed by atoms with Crippen LogP contribution in [0, 0.1) is 6.92 Å². The molecule has 0 aliphatic heterocycles. The van der Waals surface area contributed by atoms with Crippen LogP contribution < -0.4 is 21.5 Å². The summed E-state index contributed by atoms with van der Waals surface area (Å²) in [6.07, 6.45) is 0. The number of halogens is 3. The number of ether oxygens (including phenoxy) is 1. The summed E-state index contributed by atoms with van der Waals surface area (Å²) in [7, 11) is -4.85. The van der Waals surface area contributed by atoms with Crippen molar-refractivity contribution < 1.29 is 21.8 Å². The first-order valence-electron chi connectivity index (χ1n) is 10.9. The maximum absolute atomic E-state index is 13.1. The molecule has 196 valence electrons. The molecule has 0 radical (unpaired) electrons. The molecule has 4 aromatic rings. The lowest BCUT2D eigenvalue weighted by Crippen LogP contribution is -2.13. The van der Waals surface area contributed by atoms with Crippen molar-refractivity contribution in [3.8, 4) is 16.9 Å². The Labute approximate surface area is 227 Å². The number of hydrogen-bond acceptors (Lipinski definition) is 8. The number of carbonyl (C=O) groups excluding carboxylic acids is 1. The lowest BCUT2D eigenvalue weighted by Gasteiger charge is -2.15. The lowest BCUT2D eigenvalue weighted by atomic mass is 10.0. The second-order valence-electron chi connectivity index (χ2n) is 8.10. The van der Waals surface area contributed by atoms with Gasteiger partial charge in [-0.2, -0.15) is 13.4 Å². The summed E-state index contributed by atoms with van der Waals surface area (Å²) in [5.74, 6) is 0.119. The average Bonchev–Trinajstić information content (AvgIpc) is 2.85. The van der Waals surface area contributed by atoms with Gasteiger partial charge in [-0.25, -0.2) is 4.98 Å². The Morgan fingerprint density at radius 1 is 1.00 bits per heavy atom. The van der Waals surface area contributed by atoms with Crippen LogP contribution in [0.4, 0.5) is 21.3 Å². The van der Waals surface area contributed by atoms with Crippen LogP contribution in [-0.2, 0) is 16.8 Å². The highest BCUT2D eigenvalue weighted by molar-refractivity contribution is 7.86. The molecule has 0 spiro atoms. The van der Waals surface area contributed by atoms with Gasteiger partial charge in [0.15, 0.2) is 0 Å². The first kappa shape index (κ1) is 27.1. The van der Waals surface area contributed by atoms with Gasteiger partial charge >= 0.3 is 10.2 Å². The number of nitrogens with two attached hydrogens (primary N) is 2. The Kier molecular flexibility index (Phi) is 7.72. The van der Waals surface area contributed by atoms with Crippen LogP contribution in [0.15, 0.2) is 65.6 Å². The van der Waals surface area contributed by atoms with Crippen LogP contribution in [0.25, 0.3) is 11.1 Å². The minimum absolute atomic E-state index is 0.00146. The average molecular weight is 576 g/mol. The van der Waals surface area contributed by atoms with Crippen molar-refractivity contribution in [2.75, 3.05) is 16.8 Å². The molecule has 0 fully saturated rings. The molecule has 0 atom stereocenters. The molecule has 4 rings (SSSR count). The third kappa shape index (κ3) is 6.13. The van der Waals surface area contributed by atoms with E-state index in [1.165, 1.54) is 12.1 Å². The van der Waals surface area contributed by atoms with Crippen LogP contribution in [0.2, 0.25) is 10.0 Å². The number of aryl methyl sites for hydroxylation is 1. The van der Waals surface area contributed by atoms with Crippen molar-refractivity contribution in [2.45, 2.75) is 18.4 Å². The quantitative estimate of drug-likeness (QED) is 0.247. The van der Waals surface area contributed by atoms with Gasteiger partial charge < -0.3 is 21.5 Å². The molecule has 9 nitrogen and oxygen atoms in total. The summed E-state index contributed by atoms with van der Waals surface area (Å²) in [4.78, 5) is 20.4. The third-order valence-electron chi connectivity index (χ3n) is 5.46. The maximum atomic E-state index is 13.1. The number of aromatic nitrogens is 2. The van der Waals surface area contributed by atoms with E-state index >= 15 is 0 Å². The number of amides is 1. The zero-order chi connectivity index (χ0) is 27.6. The molecule has 3 aromatic carbocycles. The predicted molar refractivity (Wildman–Crippen MR) is 145 cm³/mol. The first-order chi connectivity index (χ1) is 17.9. The first-order valence-corrected chi connectivity index (χ1v) is 13.0. The van der Waals surface area contributed by atoms with E-state index in [0.717, 1.165) is 12.1 Å².